The van der Waals surface area contributed by atoms with Crippen molar-refractivity contribution in [1.29, 1.82) is 0 Å². The molecule has 0 atom stereocenters. The van der Waals surface area contributed by atoms with E-state index in [4.69, 9.17) is 15.2 Å². The number of nitrogens with one attached hydrogen (secondary N) is 4. The van der Waals surface area contributed by atoms with Crippen molar-refractivity contribution in [2.24, 2.45) is 5.73 Å². The third-order valence-electron chi connectivity index (χ3n) is 5.12. The molecule has 0 saturated heterocycles. The van der Waals surface area contributed by atoms with E-state index < -0.39 is 0 Å². The van der Waals surface area contributed by atoms with Gasteiger partial charge in [0.2, 0.25) is 0 Å². The van der Waals surface area contributed by atoms with Crippen LogP contribution in [-0.4, -0.2) is 85.2 Å². The molecule has 0 spiro atoms. The fourth-order valence-corrected chi connectivity index (χ4v) is 3.15. The minimum atomic E-state index is -0.319. The molecular weight excluding hydrogens is 528 g/mol. The van der Waals surface area contributed by atoms with Crippen molar-refractivity contribution >= 4 is 29.0 Å². The minimum absolute atomic E-state index is 0.181. The van der Waals surface area contributed by atoms with Gasteiger partial charge in [-0.3, -0.25) is 9.59 Å². The number of fused-ring (bicyclic) bond motifs is 1. The second kappa shape index (κ2) is 22.0. The smallest absolute Gasteiger partial charge is 0.279 e. The Morgan fingerprint density at radius 3 is 2.41 bits per heavy atom. The number of ether oxygens (including phenoxy) is 2. The van der Waals surface area contributed by atoms with Gasteiger partial charge in [0.15, 0.2) is 11.2 Å². The van der Waals surface area contributed by atoms with E-state index in [0.717, 1.165) is 25.1 Å². The molecule has 0 fully saturated rings. The third-order valence-corrected chi connectivity index (χ3v) is 5.12. The molecule has 226 valence electrons. The number of nitrogens with two attached hydrogens (primary N) is 1. The SMILES string of the molecule is CC.CNCCOCCOCCN.Cc1nc2ncc(CNc3ccc(C(=O)NCCCC=O)cc3)nc2c(=O)[nH]1. The molecule has 13 nitrogen and oxygen atoms in total. The number of amides is 1. The normalized spacial score (nSPS) is 10.2. The molecule has 2 aromatic heterocycles. The molecule has 0 aliphatic rings. The number of carbonyl (C=O) groups is 2. The fraction of sp³-hybridized carbons (Fsp3) is 0.500. The Balaban J connectivity index is 0.000000547. The van der Waals surface area contributed by atoms with Crippen LogP contribution in [-0.2, 0) is 20.8 Å². The van der Waals surface area contributed by atoms with Crippen LogP contribution in [0.3, 0.4) is 0 Å². The number of unbranched alkanes of at least 4 members (excludes halogenated alkanes) is 1. The van der Waals surface area contributed by atoms with Gasteiger partial charge in [-0.2, -0.15) is 0 Å². The summed E-state index contributed by atoms with van der Waals surface area (Å²) in [5.74, 6) is 0.311. The number of hydrogen-bond acceptors (Lipinski definition) is 11. The first kappa shape index (κ1) is 35.2. The van der Waals surface area contributed by atoms with Crippen LogP contribution in [0.5, 0.6) is 0 Å². The average molecular weight is 573 g/mol. The highest BCUT2D eigenvalue weighted by atomic mass is 16.5. The maximum Gasteiger partial charge on any atom is 0.279 e. The number of rotatable bonds is 16. The molecular formula is C28H44N8O5. The van der Waals surface area contributed by atoms with Gasteiger partial charge in [-0.1, -0.05) is 13.8 Å². The molecule has 3 aromatic rings. The topological polar surface area (TPSA) is 186 Å². The zero-order valence-corrected chi connectivity index (χ0v) is 24.5. The lowest BCUT2D eigenvalue weighted by atomic mass is 10.2. The summed E-state index contributed by atoms with van der Waals surface area (Å²) in [7, 11) is 1.90. The molecule has 0 unspecified atom stereocenters. The molecule has 1 amide bonds. The first-order valence-electron chi connectivity index (χ1n) is 13.8. The van der Waals surface area contributed by atoms with Crippen molar-refractivity contribution in [3.05, 3.63) is 57.9 Å². The number of aromatic amines is 1. The number of nitrogens with zero attached hydrogens (tertiary/aromatic N) is 3. The van der Waals surface area contributed by atoms with Crippen molar-refractivity contribution in [1.82, 2.24) is 30.6 Å². The van der Waals surface area contributed by atoms with Crippen molar-refractivity contribution < 1.29 is 19.1 Å². The fourth-order valence-electron chi connectivity index (χ4n) is 3.15. The van der Waals surface area contributed by atoms with Crippen LogP contribution in [0.4, 0.5) is 5.69 Å². The zero-order chi connectivity index (χ0) is 30.3. The van der Waals surface area contributed by atoms with Crippen molar-refractivity contribution in [2.75, 3.05) is 58.4 Å². The predicted octanol–water partition coefficient (Wildman–Crippen LogP) is 1.57. The van der Waals surface area contributed by atoms with Gasteiger partial charge in [0.1, 0.15) is 12.1 Å². The van der Waals surface area contributed by atoms with E-state index in [-0.39, 0.29) is 17.0 Å². The Morgan fingerprint density at radius 1 is 1.05 bits per heavy atom. The molecule has 0 saturated carbocycles. The van der Waals surface area contributed by atoms with Crippen LogP contribution in [0, 0.1) is 6.92 Å². The molecule has 2 heterocycles. The van der Waals surface area contributed by atoms with E-state index in [1.807, 2.05) is 20.9 Å². The van der Waals surface area contributed by atoms with E-state index >= 15 is 0 Å². The van der Waals surface area contributed by atoms with E-state index in [9.17, 15) is 14.4 Å². The van der Waals surface area contributed by atoms with Gasteiger partial charge in [-0.05, 0) is 44.7 Å². The van der Waals surface area contributed by atoms with Crippen molar-refractivity contribution in [3.63, 3.8) is 0 Å². The summed E-state index contributed by atoms with van der Waals surface area (Å²) < 4.78 is 10.3. The third kappa shape index (κ3) is 14.4. The van der Waals surface area contributed by atoms with Crippen LogP contribution in [0.25, 0.3) is 11.2 Å². The molecule has 6 N–H and O–H groups in total. The Morgan fingerprint density at radius 2 is 1.76 bits per heavy atom. The highest BCUT2D eigenvalue weighted by molar-refractivity contribution is 5.94. The number of aromatic nitrogens is 4. The van der Waals surface area contributed by atoms with Gasteiger partial charge in [-0.15, -0.1) is 0 Å². The van der Waals surface area contributed by atoms with Gasteiger partial charge in [0.05, 0.1) is 44.9 Å². The molecule has 13 heteroatoms. The Hall–Kier alpha value is -3.78. The molecule has 0 bridgehead atoms. The molecule has 0 aliphatic heterocycles. The number of carbonyl (C=O) groups excluding carboxylic acids is 2. The summed E-state index contributed by atoms with van der Waals surface area (Å²) in [5, 5.41) is 8.92. The average Bonchev–Trinajstić information content (AvgIpc) is 2.99. The summed E-state index contributed by atoms with van der Waals surface area (Å²) >= 11 is 0. The first-order chi connectivity index (χ1) is 20.0. The van der Waals surface area contributed by atoms with E-state index in [2.05, 4.69) is 35.9 Å². The second-order valence-corrected chi connectivity index (χ2v) is 8.30. The summed E-state index contributed by atoms with van der Waals surface area (Å²) in [6.45, 7) is 10.6. The maximum atomic E-state index is 12.0. The summed E-state index contributed by atoms with van der Waals surface area (Å²) in [5.41, 5.74) is 7.35. The summed E-state index contributed by atoms with van der Waals surface area (Å²) in [6.07, 6.45) is 3.46. The predicted molar refractivity (Wildman–Crippen MR) is 160 cm³/mol. The largest absolute Gasteiger partial charge is 0.379 e. The molecule has 1 aromatic carbocycles. The van der Waals surface area contributed by atoms with Crippen LogP contribution in [0.15, 0.2) is 35.3 Å². The standard InChI is InChI=1S/C19H20N6O3.C7H18N2O2.C2H6/c1-12-23-17-16(19(28)24-12)25-15(11-22-17)10-21-14-6-4-13(5-7-14)18(27)20-8-2-3-9-26;1-9-3-5-11-7-6-10-4-2-8;1-2/h4-7,9,11,21H,2-3,8,10H2,1H3,(H,20,27)(H,22,23,24,28);9H,2-8H2,1H3;1-2H3. The highest BCUT2D eigenvalue weighted by Crippen LogP contribution is 2.11. The van der Waals surface area contributed by atoms with Crippen molar-refractivity contribution in [3.8, 4) is 0 Å². The van der Waals surface area contributed by atoms with Gasteiger partial charge in [-0.25, -0.2) is 15.0 Å². The zero-order valence-electron chi connectivity index (χ0n) is 24.5. The lowest BCUT2D eigenvalue weighted by molar-refractivity contribution is -0.107. The molecule has 3 rings (SSSR count). The monoisotopic (exact) mass is 572 g/mol. The van der Waals surface area contributed by atoms with Gasteiger partial charge < -0.3 is 40.9 Å². The van der Waals surface area contributed by atoms with Crippen molar-refractivity contribution in [2.45, 2.75) is 40.2 Å². The Kier molecular flexibility index (Phi) is 18.9. The number of likely N-dealkylation sites (N-methyl/N-ethyl adjacent to an activating group) is 1. The number of H-pyrrole nitrogens is 1. The molecule has 0 radical (unpaired) electrons. The number of benzene rings is 1. The maximum absolute atomic E-state index is 12.0. The summed E-state index contributed by atoms with van der Waals surface area (Å²) in [4.78, 5) is 49.5. The number of hydrogen-bond donors (Lipinski definition) is 5. The van der Waals surface area contributed by atoms with Crippen LogP contribution in [0.2, 0.25) is 0 Å². The van der Waals surface area contributed by atoms with Crippen LogP contribution in [0.1, 0.15) is 48.6 Å². The highest BCUT2D eigenvalue weighted by Gasteiger charge is 2.07. The first-order valence-corrected chi connectivity index (χ1v) is 13.8. The van der Waals surface area contributed by atoms with Gasteiger partial charge >= 0.3 is 0 Å². The number of aryl methyl sites for hydroxylation is 1. The number of anilines is 1. The lowest BCUT2D eigenvalue weighted by Gasteiger charge is -2.08. The summed E-state index contributed by atoms with van der Waals surface area (Å²) in [6, 6.07) is 6.99. The van der Waals surface area contributed by atoms with Crippen LogP contribution < -0.4 is 27.2 Å². The molecule has 0 aliphatic carbocycles. The number of aldehydes is 1. The van der Waals surface area contributed by atoms with E-state index in [0.29, 0.717) is 75.0 Å². The Labute approximate surface area is 241 Å². The minimum Gasteiger partial charge on any atom is -0.379 e. The quantitative estimate of drug-likeness (QED) is 0.124. The lowest BCUT2D eigenvalue weighted by Crippen LogP contribution is -2.24. The van der Waals surface area contributed by atoms with E-state index in [1.54, 1.807) is 37.4 Å². The second-order valence-electron chi connectivity index (χ2n) is 8.30. The molecule has 41 heavy (non-hydrogen) atoms. The van der Waals surface area contributed by atoms with Gasteiger partial charge in [0, 0.05) is 37.3 Å². The van der Waals surface area contributed by atoms with E-state index in [1.165, 1.54) is 0 Å². The Bertz CT molecular complexity index is 1200. The van der Waals surface area contributed by atoms with Gasteiger partial charge in [0.25, 0.3) is 11.5 Å². The van der Waals surface area contributed by atoms with Crippen LogP contribution >= 0.6 is 0 Å².